The third kappa shape index (κ3) is 2.98. The first-order chi connectivity index (χ1) is 8.95. The smallest absolute Gasteiger partial charge is 0.244 e. The molecule has 2 rings (SSSR count). The van der Waals surface area contributed by atoms with Crippen LogP contribution in [-0.4, -0.2) is 43.5 Å². The van der Waals surface area contributed by atoms with Crippen LogP contribution in [0, 0.1) is 0 Å². The van der Waals surface area contributed by atoms with Gasteiger partial charge in [-0.05, 0) is 13.0 Å². The predicted octanol–water partition coefficient (Wildman–Crippen LogP) is 0.430. The van der Waals surface area contributed by atoms with Crippen molar-refractivity contribution in [3.63, 3.8) is 0 Å². The van der Waals surface area contributed by atoms with Gasteiger partial charge in [0, 0.05) is 19.3 Å². The molecule has 0 bridgehead atoms. The third-order valence-corrected chi connectivity index (χ3v) is 4.91. The molecule has 0 spiro atoms. The van der Waals surface area contributed by atoms with E-state index in [0.717, 1.165) is 0 Å². The van der Waals surface area contributed by atoms with E-state index in [1.165, 1.54) is 16.6 Å². The second kappa shape index (κ2) is 5.59. The fourth-order valence-corrected chi connectivity index (χ4v) is 3.58. The molecule has 1 aromatic heterocycles. The summed E-state index contributed by atoms with van der Waals surface area (Å²) in [4.78, 5) is 3.92. The Morgan fingerprint density at radius 1 is 1.63 bits per heavy atom. The lowest BCUT2D eigenvalue weighted by atomic mass is 10.3. The number of rotatable bonds is 3. The highest BCUT2D eigenvalue weighted by atomic mass is 35.5. The lowest BCUT2D eigenvalue weighted by Gasteiger charge is -2.30. The van der Waals surface area contributed by atoms with Gasteiger partial charge in [-0.2, -0.15) is 4.31 Å². The Morgan fingerprint density at radius 2 is 2.37 bits per heavy atom. The molecule has 0 amide bonds. The number of hydrazine groups is 1. The van der Waals surface area contributed by atoms with E-state index in [4.69, 9.17) is 22.2 Å². The molecule has 106 valence electrons. The van der Waals surface area contributed by atoms with E-state index >= 15 is 0 Å². The van der Waals surface area contributed by atoms with Gasteiger partial charge < -0.3 is 10.2 Å². The van der Waals surface area contributed by atoms with Gasteiger partial charge in [-0.25, -0.2) is 19.2 Å². The van der Waals surface area contributed by atoms with Crippen LogP contribution in [0.25, 0.3) is 0 Å². The van der Waals surface area contributed by atoms with Crippen molar-refractivity contribution in [3.05, 3.63) is 17.3 Å². The highest BCUT2D eigenvalue weighted by Crippen LogP contribution is 2.24. The molecule has 1 aliphatic rings. The second-order valence-electron chi connectivity index (χ2n) is 4.19. The largest absolute Gasteiger partial charge is 0.376 e. The molecular formula is C10H15ClN4O3S. The summed E-state index contributed by atoms with van der Waals surface area (Å²) in [6.07, 6.45) is 1.10. The van der Waals surface area contributed by atoms with Crippen molar-refractivity contribution in [2.75, 3.05) is 25.1 Å². The monoisotopic (exact) mass is 306 g/mol. The van der Waals surface area contributed by atoms with Gasteiger partial charge in [0.1, 0.15) is 4.90 Å². The highest BCUT2D eigenvalue weighted by molar-refractivity contribution is 7.89. The number of hydrogen-bond acceptors (Lipinski definition) is 6. The van der Waals surface area contributed by atoms with Crippen molar-refractivity contribution in [2.45, 2.75) is 17.9 Å². The van der Waals surface area contributed by atoms with Gasteiger partial charge in [0.05, 0.1) is 17.7 Å². The number of nitrogen functional groups attached to an aromatic ring is 1. The molecule has 7 nitrogen and oxygen atoms in total. The van der Waals surface area contributed by atoms with Crippen molar-refractivity contribution in [1.82, 2.24) is 9.29 Å². The molecule has 1 fully saturated rings. The second-order valence-corrected chi connectivity index (χ2v) is 6.54. The number of pyridine rings is 1. The van der Waals surface area contributed by atoms with Crippen molar-refractivity contribution in [1.29, 1.82) is 0 Å². The zero-order chi connectivity index (χ0) is 14.0. The van der Waals surface area contributed by atoms with Gasteiger partial charge in [0.2, 0.25) is 10.0 Å². The average Bonchev–Trinajstić information content (AvgIpc) is 2.38. The Hall–Kier alpha value is -0.930. The van der Waals surface area contributed by atoms with E-state index in [1.807, 2.05) is 6.92 Å². The number of nitrogens with zero attached hydrogens (tertiary/aromatic N) is 2. The van der Waals surface area contributed by atoms with Gasteiger partial charge in [-0.1, -0.05) is 11.6 Å². The molecule has 1 aromatic rings. The van der Waals surface area contributed by atoms with Crippen molar-refractivity contribution in [3.8, 4) is 0 Å². The highest BCUT2D eigenvalue weighted by Gasteiger charge is 2.29. The van der Waals surface area contributed by atoms with E-state index < -0.39 is 10.0 Å². The molecular weight excluding hydrogens is 292 g/mol. The third-order valence-electron chi connectivity index (χ3n) is 2.79. The number of hydrogen-bond donors (Lipinski definition) is 2. The van der Waals surface area contributed by atoms with Crippen molar-refractivity contribution in [2.24, 2.45) is 5.84 Å². The van der Waals surface area contributed by atoms with E-state index in [-0.39, 0.29) is 21.8 Å². The molecule has 1 unspecified atom stereocenters. The molecule has 9 heteroatoms. The number of aromatic nitrogens is 1. The number of nitrogens with two attached hydrogens (primary N) is 1. The summed E-state index contributed by atoms with van der Waals surface area (Å²) in [7, 11) is -3.60. The van der Waals surface area contributed by atoms with E-state index in [9.17, 15) is 8.42 Å². The summed E-state index contributed by atoms with van der Waals surface area (Å²) in [6, 6.07) is 1.33. The number of anilines is 1. The lowest BCUT2D eigenvalue weighted by Crippen LogP contribution is -2.44. The molecule has 0 saturated carbocycles. The zero-order valence-corrected chi connectivity index (χ0v) is 11.9. The van der Waals surface area contributed by atoms with Crippen LogP contribution in [0.1, 0.15) is 6.92 Å². The first kappa shape index (κ1) is 14.5. The van der Waals surface area contributed by atoms with Gasteiger partial charge in [-0.3, -0.25) is 0 Å². The Bertz CT molecular complexity index is 566. The minimum absolute atomic E-state index is 0.0469. The lowest BCUT2D eigenvalue weighted by molar-refractivity contribution is 0.0102. The number of sulfonamides is 1. The van der Waals surface area contributed by atoms with Crippen LogP contribution >= 0.6 is 11.6 Å². The standard InChI is InChI=1S/C10H15ClN4O3S/c1-7-6-15(2-3-18-7)19(16,17)8-4-9(11)10(14-12)13-5-8/h4-5,7H,2-3,6,12H2,1H3,(H,13,14). The molecule has 0 aromatic carbocycles. The number of nitrogens with one attached hydrogen (secondary N) is 1. The van der Waals surface area contributed by atoms with Gasteiger partial charge in [0.15, 0.2) is 5.82 Å². The van der Waals surface area contributed by atoms with Crippen LogP contribution in [-0.2, 0) is 14.8 Å². The van der Waals surface area contributed by atoms with Crippen molar-refractivity contribution < 1.29 is 13.2 Å². The summed E-state index contributed by atoms with van der Waals surface area (Å²) >= 11 is 5.89. The normalized spacial score (nSPS) is 21.3. The number of ether oxygens (including phenoxy) is 1. The Morgan fingerprint density at radius 3 is 2.95 bits per heavy atom. The average molecular weight is 307 g/mol. The molecule has 3 N–H and O–H groups in total. The molecule has 1 saturated heterocycles. The van der Waals surface area contributed by atoms with Crippen LogP contribution in [0.15, 0.2) is 17.2 Å². The van der Waals surface area contributed by atoms with Crippen LogP contribution in [0.5, 0.6) is 0 Å². The molecule has 1 atom stereocenters. The molecule has 2 heterocycles. The maximum absolute atomic E-state index is 12.4. The quantitative estimate of drug-likeness (QED) is 0.621. The van der Waals surface area contributed by atoms with E-state index in [1.54, 1.807) is 0 Å². The maximum Gasteiger partial charge on any atom is 0.244 e. The minimum Gasteiger partial charge on any atom is -0.376 e. The number of morpholine rings is 1. The predicted molar refractivity (Wildman–Crippen MR) is 71.2 cm³/mol. The molecule has 19 heavy (non-hydrogen) atoms. The summed E-state index contributed by atoms with van der Waals surface area (Å²) in [5.41, 5.74) is 2.29. The van der Waals surface area contributed by atoms with Crippen LogP contribution < -0.4 is 11.3 Å². The Labute approximate surface area is 116 Å². The van der Waals surface area contributed by atoms with E-state index in [0.29, 0.717) is 19.7 Å². The van der Waals surface area contributed by atoms with Gasteiger partial charge in [-0.15, -0.1) is 0 Å². The van der Waals surface area contributed by atoms with E-state index in [2.05, 4.69) is 10.4 Å². The van der Waals surface area contributed by atoms with Crippen LogP contribution in [0.3, 0.4) is 0 Å². The molecule has 0 aliphatic carbocycles. The summed E-state index contributed by atoms with van der Waals surface area (Å²) < 4.78 is 31.5. The molecule has 1 aliphatic heterocycles. The first-order valence-electron chi connectivity index (χ1n) is 5.69. The van der Waals surface area contributed by atoms with Crippen LogP contribution in [0.4, 0.5) is 5.82 Å². The fourth-order valence-electron chi connectivity index (χ4n) is 1.82. The SMILES string of the molecule is CC1CN(S(=O)(=O)c2cnc(NN)c(Cl)c2)CCO1. The Balaban J connectivity index is 2.31. The molecule has 0 radical (unpaired) electrons. The fraction of sp³-hybridized carbons (Fsp3) is 0.500. The summed E-state index contributed by atoms with van der Waals surface area (Å²) in [5.74, 6) is 5.43. The Kier molecular flexibility index (Phi) is 4.26. The number of halogens is 1. The first-order valence-corrected chi connectivity index (χ1v) is 7.51. The summed E-state index contributed by atoms with van der Waals surface area (Å²) in [6.45, 7) is 2.84. The summed E-state index contributed by atoms with van der Waals surface area (Å²) in [5, 5.41) is 0.157. The van der Waals surface area contributed by atoms with Gasteiger partial charge in [0.25, 0.3) is 0 Å². The maximum atomic E-state index is 12.4. The topological polar surface area (TPSA) is 97.6 Å². The van der Waals surface area contributed by atoms with Gasteiger partial charge >= 0.3 is 0 Å². The zero-order valence-electron chi connectivity index (χ0n) is 10.3. The van der Waals surface area contributed by atoms with Crippen LogP contribution in [0.2, 0.25) is 5.02 Å². The minimum atomic E-state index is -3.60. The van der Waals surface area contributed by atoms with Crippen molar-refractivity contribution >= 4 is 27.4 Å².